The first kappa shape index (κ1) is 15.0. The summed E-state index contributed by atoms with van der Waals surface area (Å²) < 4.78 is 5.60. The Morgan fingerprint density at radius 1 is 0.792 bits per heavy atom. The standard InChI is InChI=1S/C23H22O/c1-2-24-21-14-12-18(13-15-21)23-20-11-7-6-10-19(16-20)22(23)17-8-4-3-5-9-17/h3-15,19-20H,2,16H2,1H3/t19-,20?/m1/s1. The molecule has 1 nitrogen and oxygen atoms in total. The molecule has 1 unspecified atom stereocenters. The van der Waals surface area contributed by atoms with Gasteiger partial charge in [0.15, 0.2) is 0 Å². The van der Waals surface area contributed by atoms with E-state index in [9.17, 15) is 0 Å². The smallest absolute Gasteiger partial charge is 0.119 e. The lowest BCUT2D eigenvalue weighted by Crippen LogP contribution is -1.97. The molecule has 4 rings (SSSR count). The molecule has 0 spiro atoms. The second kappa shape index (κ2) is 6.52. The number of fused-ring (bicyclic) bond motifs is 2. The number of ether oxygens (including phenoxy) is 1. The average Bonchev–Trinajstić information content (AvgIpc) is 2.80. The van der Waals surface area contributed by atoms with Crippen LogP contribution in [0.1, 0.15) is 24.5 Å². The van der Waals surface area contributed by atoms with Crippen LogP contribution in [0.4, 0.5) is 0 Å². The molecule has 120 valence electrons. The molecule has 2 aliphatic carbocycles. The van der Waals surface area contributed by atoms with Gasteiger partial charge >= 0.3 is 0 Å². The fourth-order valence-corrected chi connectivity index (χ4v) is 3.91. The van der Waals surface area contributed by atoms with Gasteiger partial charge < -0.3 is 4.74 Å². The molecular weight excluding hydrogens is 292 g/mol. The molecule has 1 heteroatoms. The van der Waals surface area contributed by atoms with Crippen molar-refractivity contribution < 1.29 is 4.74 Å². The summed E-state index contributed by atoms with van der Waals surface area (Å²) >= 11 is 0. The van der Waals surface area contributed by atoms with E-state index in [1.165, 1.54) is 28.7 Å². The predicted molar refractivity (Wildman–Crippen MR) is 101 cm³/mol. The SMILES string of the molecule is CCOc1ccc(C2=C(c3ccccc3)[C@@H]3C=CC=CC2C3)cc1. The fraction of sp³-hybridized carbons (Fsp3) is 0.217. The van der Waals surface area contributed by atoms with Crippen LogP contribution in [-0.4, -0.2) is 6.61 Å². The van der Waals surface area contributed by atoms with Crippen molar-refractivity contribution in [3.8, 4) is 5.75 Å². The van der Waals surface area contributed by atoms with Gasteiger partial charge in [0.1, 0.15) is 5.75 Å². The van der Waals surface area contributed by atoms with Crippen LogP contribution in [0.2, 0.25) is 0 Å². The fourth-order valence-electron chi connectivity index (χ4n) is 3.91. The molecule has 24 heavy (non-hydrogen) atoms. The highest BCUT2D eigenvalue weighted by molar-refractivity contribution is 5.96. The van der Waals surface area contributed by atoms with Gasteiger partial charge in [0.2, 0.25) is 0 Å². The third-order valence-electron chi connectivity index (χ3n) is 4.90. The van der Waals surface area contributed by atoms with Gasteiger partial charge in [0, 0.05) is 11.8 Å². The summed E-state index contributed by atoms with van der Waals surface area (Å²) in [5.74, 6) is 1.92. The highest BCUT2D eigenvalue weighted by atomic mass is 16.5. The van der Waals surface area contributed by atoms with E-state index < -0.39 is 0 Å². The highest BCUT2D eigenvalue weighted by Crippen LogP contribution is 2.49. The third-order valence-corrected chi connectivity index (χ3v) is 4.90. The van der Waals surface area contributed by atoms with E-state index in [1.54, 1.807) is 0 Å². The normalized spacial score (nSPS) is 21.9. The molecule has 2 atom stereocenters. The lowest BCUT2D eigenvalue weighted by molar-refractivity contribution is 0.340. The zero-order valence-electron chi connectivity index (χ0n) is 14.0. The maximum absolute atomic E-state index is 5.60. The van der Waals surface area contributed by atoms with E-state index in [-0.39, 0.29) is 0 Å². The van der Waals surface area contributed by atoms with E-state index in [1.807, 2.05) is 6.92 Å². The Morgan fingerprint density at radius 2 is 1.38 bits per heavy atom. The van der Waals surface area contributed by atoms with Gasteiger partial charge in [-0.2, -0.15) is 0 Å². The first-order valence-electron chi connectivity index (χ1n) is 8.74. The average molecular weight is 314 g/mol. The number of benzene rings is 2. The summed E-state index contributed by atoms with van der Waals surface area (Å²) in [6.45, 7) is 2.72. The number of hydrogen-bond acceptors (Lipinski definition) is 1. The van der Waals surface area contributed by atoms with Gasteiger partial charge in [-0.3, -0.25) is 0 Å². The Morgan fingerprint density at radius 3 is 1.96 bits per heavy atom. The van der Waals surface area contributed by atoms with Gasteiger partial charge in [-0.1, -0.05) is 66.8 Å². The summed E-state index contributed by atoms with van der Waals surface area (Å²) in [7, 11) is 0. The van der Waals surface area contributed by atoms with Gasteiger partial charge in [0.25, 0.3) is 0 Å². The summed E-state index contributed by atoms with van der Waals surface area (Å²) in [6.07, 6.45) is 10.3. The maximum Gasteiger partial charge on any atom is 0.119 e. The molecule has 0 radical (unpaired) electrons. The van der Waals surface area contributed by atoms with Crippen LogP contribution >= 0.6 is 0 Å². The Labute approximate surface area is 144 Å². The maximum atomic E-state index is 5.60. The molecule has 0 heterocycles. The summed E-state index contributed by atoms with van der Waals surface area (Å²) in [5, 5.41) is 0. The van der Waals surface area contributed by atoms with Crippen molar-refractivity contribution in [3.63, 3.8) is 0 Å². The highest BCUT2D eigenvalue weighted by Gasteiger charge is 2.33. The van der Waals surface area contributed by atoms with Gasteiger partial charge in [-0.15, -0.1) is 0 Å². The minimum absolute atomic E-state index is 0.484. The van der Waals surface area contributed by atoms with Gasteiger partial charge in [-0.25, -0.2) is 0 Å². The van der Waals surface area contributed by atoms with Crippen molar-refractivity contribution in [3.05, 3.63) is 90.0 Å². The molecule has 2 aromatic carbocycles. The van der Waals surface area contributed by atoms with Crippen LogP contribution in [0.25, 0.3) is 11.1 Å². The quantitative estimate of drug-likeness (QED) is 0.697. The van der Waals surface area contributed by atoms with Crippen molar-refractivity contribution in [1.82, 2.24) is 0 Å². The topological polar surface area (TPSA) is 9.23 Å². The van der Waals surface area contributed by atoms with Crippen LogP contribution < -0.4 is 4.74 Å². The Kier molecular flexibility index (Phi) is 4.08. The lowest BCUT2D eigenvalue weighted by atomic mass is 9.89. The largest absolute Gasteiger partial charge is 0.494 e. The van der Waals surface area contributed by atoms with Gasteiger partial charge in [0.05, 0.1) is 6.61 Å². The van der Waals surface area contributed by atoms with Crippen molar-refractivity contribution in [2.45, 2.75) is 13.3 Å². The number of allylic oxidation sites excluding steroid dienone is 6. The zero-order valence-corrected chi connectivity index (χ0v) is 14.0. The van der Waals surface area contributed by atoms with Crippen molar-refractivity contribution >= 4 is 11.1 Å². The minimum Gasteiger partial charge on any atom is -0.494 e. The lowest BCUT2D eigenvalue weighted by Gasteiger charge is -2.16. The molecule has 0 fully saturated rings. The molecule has 0 saturated carbocycles. The molecule has 0 N–H and O–H groups in total. The molecule has 0 aromatic heterocycles. The summed E-state index contributed by atoms with van der Waals surface area (Å²) in [6, 6.07) is 19.4. The molecule has 0 aliphatic heterocycles. The third kappa shape index (κ3) is 2.71. The Balaban J connectivity index is 1.84. The minimum atomic E-state index is 0.484. The van der Waals surface area contributed by atoms with Crippen LogP contribution in [0.5, 0.6) is 5.75 Å². The molecule has 2 aliphatic rings. The van der Waals surface area contributed by atoms with E-state index >= 15 is 0 Å². The zero-order chi connectivity index (χ0) is 16.4. The molecule has 2 aromatic rings. The Bertz CT molecular complexity index is 794. The monoisotopic (exact) mass is 314 g/mol. The first-order chi connectivity index (χ1) is 11.9. The van der Waals surface area contributed by atoms with Gasteiger partial charge in [-0.05, 0) is 47.8 Å². The van der Waals surface area contributed by atoms with E-state index in [0.717, 1.165) is 5.75 Å². The summed E-state index contributed by atoms with van der Waals surface area (Å²) in [4.78, 5) is 0. The summed E-state index contributed by atoms with van der Waals surface area (Å²) in [5.41, 5.74) is 5.60. The van der Waals surface area contributed by atoms with Crippen molar-refractivity contribution in [2.75, 3.05) is 6.61 Å². The first-order valence-corrected chi connectivity index (χ1v) is 8.74. The second-order valence-electron chi connectivity index (χ2n) is 6.37. The molecule has 2 bridgehead atoms. The van der Waals surface area contributed by atoms with Crippen molar-refractivity contribution in [1.29, 1.82) is 0 Å². The predicted octanol–water partition coefficient (Wildman–Crippen LogP) is 5.76. The number of hydrogen-bond donors (Lipinski definition) is 0. The molecular formula is C23H22O. The van der Waals surface area contributed by atoms with E-state index in [4.69, 9.17) is 4.74 Å². The number of rotatable bonds is 4. The van der Waals surface area contributed by atoms with Crippen LogP contribution in [0.3, 0.4) is 0 Å². The molecule has 0 amide bonds. The molecule has 0 saturated heterocycles. The van der Waals surface area contributed by atoms with Crippen LogP contribution in [-0.2, 0) is 0 Å². The Hall–Kier alpha value is -2.54. The van der Waals surface area contributed by atoms with Crippen molar-refractivity contribution in [2.24, 2.45) is 11.8 Å². The van der Waals surface area contributed by atoms with E-state index in [0.29, 0.717) is 18.4 Å². The van der Waals surface area contributed by atoms with Crippen LogP contribution in [0, 0.1) is 11.8 Å². The van der Waals surface area contributed by atoms with Crippen LogP contribution in [0.15, 0.2) is 78.9 Å². The van der Waals surface area contributed by atoms with E-state index in [2.05, 4.69) is 78.9 Å². The second-order valence-corrected chi connectivity index (χ2v) is 6.37.